The van der Waals surface area contributed by atoms with Gasteiger partial charge in [0.25, 0.3) is 0 Å². The van der Waals surface area contributed by atoms with E-state index in [1.54, 1.807) is 0 Å². The van der Waals surface area contributed by atoms with Crippen LogP contribution in [0.4, 0.5) is 0 Å². The average molecular weight is 397 g/mol. The standard InChI is InChI=1S/C30H36/c1-20-12-15-25(27-17-21-10-8-9-11-26(21)28(20)27)22-13-14-23(18-29(2,3)4)24(16-22)19-30(5,6)7/h8-16H,17-19H2,1-7H3. The maximum Gasteiger partial charge on any atom is -0.000718 e. The van der Waals surface area contributed by atoms with E-state index in [2.05, 4.69) is 103 Å². The normalized spacial score (nSPS) is 13.3. The SMILES string of the molecule is Cc1ccc(-c2ccc(CC(C)(C)C)c(CC(C)(C)C)c2)c2c1-c1ccccc1C2. The van der Waals surface area contributed by atoms with Crippen molar-refractivity contribution < 1.29 is 0 Å². The van der Waals surface area contributed by atoms with E-state index >= 15 is 0 Å². The third kappa shape index (κ3) is 4.24. The molecule has 30 heavy (non-hydrogen) atoms. The molecule has 4 rings (SSSR count). The molecule has 0 radical (unpaired) electrons. The zero-order chi connectivity index (χ0) is 21.7. The number of benzene rings is 3. The van der Waals surface area contributed by atoms with Crippen molar-refractivity contribution in [3.05, 3.63) is 82.4 Å². The molecule has 0 aliphatic heterocycles. The fourth-order valence-corrected chi connectivity index (χ4v) is 4.98. The fourth-order valence-electron chi connectivity index (χ4n) is 4.98. The molecule has 3 aromatic carbocycles. The van der Waals surface area contributed by atoms with Crippen molar-refractivity contribution in [2.45, 2.75) is 67.7 Å². The van der Waals surface area contributed by atoms with Crippen molar-refractivity contribution in [1.82, 2.24) is 0 Å². The topological polar surface area (TPSA) is 0 Å². The Morgan fingerprint density at radius 2 is 1.37 bits per heavy atom. The second kappa shape index (κ2) is 7.41. The molecule has 0 spiro atoms. The molecule has 0 heteroatoms. The van der Waals surface area contributed by atoms with Crippen molar-refractivity contribution in [3.63, 3.8) is 0 Å². The molecule has 0 saturated heterocycles. The van der Waals surface area contributed by atoms with Crippen LogP contribution in [0.3, 0.4) is 0 Å². The Bertz CT molecular complexity index is 1080. The number of hydrogen-bond acceptors (Lipinski definition) is 0. The van der Waals surface area contributed by atoms with Crippen LogP contribution in [0, 0.1) is 17.8 Å². The van der Waals surface area contributed by atoms with E-state index in [1.807, 2.05) is 0 Å². The van der Waals surface area contributed by atoms with Crippen LogP contribution < -0.4 is 0 Å². The third-order valence-corrected chi connectivity index (χ3v) is 6.13. The summed E-state index contributed by atoms with van der Waals surface area (Å²) in [7, 11) is 0. The Morgan fingerprint density at radius 1 is 0.700 bits per heavy atom. The highest BCUT2D eigenvalue weighted by molar-refractivity contribution is 5.86. The van der Waals surface area contributed by atoms with Gasteiger partial charge >= 0.3 is 0 Å². The summed E-state index contributed by atoms with van der Waals surface area (Å²) < 4.78 is 0. The van der Waals surface area contributed by atoms with Crippen LogP contribution in [0.15, 0.2) is 54.6 Å². The molecule has 3 aromatic rings. The van der Waals surface area contributed by atoms with Crippen molar-refractivity contribution in [1.29, 1.82) is 0 Å². The molecule has 1 aliphatic carbocycles. The summed E-state index contributed by atoms with van der Waals surface area (Å²) in [5.41, 5.74) is 13.6. The molecule has 0 heterocycles. The van der Waals surface area contributed by atoms with Crippen LogP contribution in [0.5, 0.6) is 0 Å². The van der Waals surface area contributed by atoms with Gasteiger partial charge in [0.05, 0.1) is 0 Å². The Hall–Kier alpha value is -2.34. The van der Waals surface area contributed by atoms with E-state index in [-0.39, 0.29) is 5.41 Å². The van der Waals surface area contributed by atoms with Crippen LogP contribution in [0.2, 0.25) is 0 Å². The van der Waals surface area contributed by atoms with E-state index in [0.29, 0.717) is 5.41 Å². The molecule has 0 unspecified atom stereocenters. The molecule has 0 nitrogen and oxygen atoms in total. The Balaban J connectivity index is 1.83. The Morgan fingerprint density at radius 3 is 2.07 bits per heavy atom. The minimum atomic E-state index is 0.275. The largest absolute Gasteiger partial charge is 0.0619 e. The maximum atomic E-state index is 2.49. The summed E-state index contributed by atoms with van der Waals surface area (Å²) in [6, 6.07) is 20.8. The lowest BCUT2D eigenvalue weighted by Gasteiger charge is -2.25. The average Bonchev–Trinajstić information content (AvgIpc) is 3.01. The van der Waals surface area contributed by atoms with E-state index in [9.17, 15) is 0 Å². The van der Waals surface area contributed by atoms with E-state index in [0.717, 1.165) is 19.3 Å². The molecule has 0 atom stereocenters. The smallest absolute Gasteiger partial charge is 0.000718 e. The van der Waals surface area contributed by atoms with Gasteiger partial charge in [-0.2, -0.15) is 0 Å². The first-order chi connectivity index (χ1) is 14.0. The van der Waals surface area contributed by atoms with Crippen LogP contribution in [0.1, 0.15) is 69.4 Å². The first-order valence-corrected chi connectivity index (χ1v) is 11.3. The van der Waals surface area contributed by atoms with Gasteiger partial charge in [-0.05, 0) is 87.1 Å². The number of rotatable bonds is 3. The second-order valence-electron chi connectivity index (χ2n) is 11.6. The second-order valence-corrected chi connectivity index (χ2v) is 11.6. The van der Waals surface area contributed by atoms with Gasteiger partial charge in [-0.3, -0.25) is 0 Å². The van der Waals surface area contributed by atoms with Gasteiger partial charge in [0.15, 0.2) is 0 Å². The van der Waals surface area contributed by atoms with Gasteiger partial charge in [0.1, 0.15) is 0 Å². The minimum absolute atomic E-state index is 0.275. The third-order valence-electron chi connectivity index (χ3n) is 6.13. The molecule has 0 fully saturated rings. The minimum Gasteiger partial charge on any atom is -0.0619 e. The molecule has 1 aliphatic rings. The molecule has 0 amide bonds. The van der Waals surface area contributed by atoms with Gasteiger partial charge in [0.2, 0.25) is 0 Å². The zero-order valence-electron chi connectivity index (χ0n) is 19.8. The molecular formula is C30H36. The fraction of sp³-hybridized carbons (Fsp3) is 0.400. The van der Waals surface area contributed by atoms with E-state index < -0.39 is 0 Å². The lowest BCUT2D eigenvalue weighted by molar-refractivity contribution is 0.392. The number of fused-ring (bicyclic) bond motifs is 3. The zero-order valence-corrected chi connectivity index (χ0v) is 19.8. The van der Waals surface area contributed by atoms with Gasteiger partial charge in [-0.25, -0.2) is 0 Å². The molecule has 0 bridgehead atoms. The molecule has 0 aromatic heterocycles. The van der Waals surface area contributed by atoms with Crippen molar-refractivity contribution in [2.24, 2.45) is 10.8 Å². The highest BCUT2D eigenvalue weighted by atomic mass is 14.3. The van der Waals surface area contributed by atoms with Crippen molar-refractivity contribution in [2.75, 3.05) is 0 Å². The van der Waals surface area contributed by atoms with Crippen LogP contribution in [-0.4, -0.2) is 0 Å². The number of aryl methyl sites for hydroxylation is 1. The Labute approximate surface area is 183 Å². The van der Waals surface area contributed by atoms with Crippen LogP contribution in [-0.2, 0) is 19.3 Å². The first-order valence-electron chi connectivity index (χ1n) is 11.3. The van der Waals surface area contributed by atoms with Crippen LogP contribution in [0.25, 0.3) is 22.3 Å². The van der Waals surface area contributed by atoms with Gasteiger partial charge in [-0.1, -0.05) is 96.1 Å². The summed E-state index contributed by atoms with van der Waals surface area (Å²) in [6.45, 7) is 16.3. The Kier molecular flexibility index (Phi) is 5.17. The summed E-state index contributed by atoms with van der Waals surface area (Å²) in [5.74, 6) is 0. The molecule has 0 N–H and O–H groups in total. The summed E-state index contributed by atoms with van der Waals surface area (Å²) in [6.07, 6.45) is 3.28. The van der Waals surface area contributed by atoms with E-state index in [4.69, 9.17) is 0 Å². The van der Waals surface area contributed by atoms with Crippen molar-refractivity contribution >= 4 is 0 Å². The summed E-state index contributed by atoms with van der Waals surface area (Å²) in [5, 5.41) is 0. The molecular weight excluding hydrogens is 360 g/mol. The maximum absolute atomic E-state index is 2.49. The molecule has 0 saturated carbocycles. The van der Waals surface area contributed by atoms with E-state index in [1.165, 1.54) is 50.1 Å². The van der Waals surface area contributed by atoms with Gasteiger partial charge < -0.3 is 0 Å². The monoisotopic (exact) mass is 396 g/mol. The number of hydrogen-bond donors (Lipinski definition) is 0. The molecule has 156 valence electrons. The summed E-state index contributed by atoms with van der Waals surface area (Å²) >= 11 is 0. The summed E-state index contributed by atoms with van der Waals surface area (Å²) in [4.78, 5) is 0. The lowest BCUT2D eigenvalue weighted by Crippen LogP contribution is -2.15. The first kappa shape index (κ1) is 20.9. The van der Waals surface area contributed by atoms with Gasteiger partial charge in [0, 0.05) is 0 Å². The van der Waals surface area contributed by atoms with Crippen LogP contribution >= 0.6 is 0 Å². The predicted molar refractivity (Wildman–Crippen MR) is 131 cm³/mol. The van der Waals surface area contributed by atoms with Crippen molar-refractivity contribution in [3.8, 4) is 22.3 Å². The van der Waals surface area contributed by atoms with Gasteiger partial charge in [-0.15, -0.1) is 0 Å². The highest BCUT2D eigenvalue weighted by Gasteiger charge is 2.24. The quantitative estimate of drug-likeness (QED) is 0.326. The highest BCUT2D eigenvalue weighted by Crippen LogP contribution is 2.44. The lowest BCUT2D eigenvalue weighted by atomic mass is 9.80. The predicted octanol–water partition coefficient (Wildman–Crippen LogP) is 8.41.